The van der Waals surface area contributed by atoms with Gasteiger partial charge in [-0.3, -0.25) is 9.59 Å². The third-order valence-electron chi connectivity index (χ3n) is 4.38. The first-order valence-electron chi connectivity index (χ1n) is 9.28. The molecule has 2 N–H and O–H groups in total. The second-order valence-electron chi connectivity index (χ2n) is 6.80. The molecule has 0 unspecified atom stereocenters. The number of hydrogen-bond acceptors (Lipinski definition) is 5. The molecule has 30 heavy (non-hydrogen) atoms. The topological polar surface area (TPSA) is 88.9 Å². The maximum atomic E-state index is 12.4. The van der Waals surface area contributed by atoms with Crippen molar-refractivity contribution in [1.29, 1.82) is 0 Å². The Bertz CT molecular complexity index is 1030. The summed E-state index contributed by atoms with van der Waals surface area (Å²) in [5, 5.41) is 14.8. The lowest BCUT2D eigenvalue weighted by atomic mass is 10.1. The summed E-state index contributed by atoms with van der Waals surface area (Å²) in [7, 11) is 1.82. The molecule has 2 amide bonds. The monoisotopic (exact) mass is 535 g/mol. The lowest BCUT2D eigenvalue weighted by Gasteiger charge is -2.13. The highest BCUT2D eigenvalue weighted by Gasteiger charge is 2.19. The van der Waals surface area contributed by atoms with Crippen molar-refractivity contribution in [2.75, 3.05) is 11.1 Å². The molecule has 0 saturated heterocycles. The fourth-order valence-corrected chi connectivity index (χ4v) is 3.82. The standard InChI is InChI=1S/C21H22IN5O2S/c1-13-4-6-15(7-5-13)20(29)23-14(2)19-25-26-21(27(19)3)30-12-18(28)24-17-10-8-16(22)9-11-17/h4-11,14H,12H2,1-3H3,(H,23,29)(H,24,28)/t14-/m0/s1. The Balaban J connectivity index is 1.56. The Morgan fingerprint density at radius 3 is 2.43 bits per heavy atom. The molecule has 2 aromatic carbocycles. The van der Waals surface area contributed by atoms with E-state index in [0.717, 1.165) is 14.8 Å². The van der Waals surface area contributed by atoms with Crippen molar-refractivity contribution in [2.45, 2.75) is 25.0 Å². The van der Waals surface area contributed by atoms with Crippen LogP contribution in [0.15, 0.2) is 53.7 Å². The van der Waals surface area contributed by atoms with Gasteiger partial charge in [0.05, 0.1) is 11.8 Å². The number of aryl methyl sites for hydroxylation is 1. The molecule has 0 radical (unpaired) electrons. The van der Waals surface area contributed by atoms with Gasteiger partial charge in [0, 0.05) is 21.9 Å². The van der Waals surface area contributed by atoms with Crippen molar-refractivity contribution >= 4 is 51.9 Å². The molecule has 0 aliphatic rings. The third kappa shape index (κ3) is 5.82. The SMILES string of the molecule is Cc1ccc(C(=O)N[C@@H](C)c2nnc(SCC(=O)Nc3ccc(I)cc3)n2C)cc1. The normalized spacial score (nSPS) is 11.7. The van der Waals surface area contributed by atoms with Crippen LogP contribution in [0, 0.1) is 10.5 Å². The lowest BCUT2D eigenvalue weighted by molar-refractivity contribution is -0.113. The second-order valence-corrected chi connectivity index (χ2v) is 8.99. The van der Waals surface area contributed by atoms with Gasteiger partial charge in [0.1, 0.15) is 0 Å². The number of aromatic nitrogens is 3. The number of rotatable bonds is 7. The fourth-order valence-electron chi connectivity index (χ4n) is 2.74. The van der Waals surface area contributed by atoms with E-state index in [9.17, 15) is 9.59 Å². The van der Waals surface area contributed by atoms with Gasteiger partial charge in [-0.1, -0.05) is 29.5 Å². The van der Waals surface area contributed by atoms with Crippen LogP contribution in [0.2, 0.25) is 0 Å². The van der Waals surface area contributed by atoms with E-state index in [0.29, 0.717) is 16.5 Å². The zero-order valence-electron chi connectivity index (χ0n) is 16.8. The Morgan fingerprint density at radius 1 is 1.10 bits per heavy atom. The first-order chi connectivity index (χ1) is 14.3. The second kappa shape index (κ2) is 10.1. The number of anilines is 1. The first kappa shape index (κ1) is 22.3. The average molecular weight is 535 g/mol. The number of carbonyl (C=O) groups is 2. The minimum Gasteiger partial charge on any atom is -0.342 e. The summed E-state index contributed by atoms with van der Waals surface area (Å²) in [4.78, 5) is 24.6. The summed E-state index contributed by atoms with van der Waals surface area (Å²) in [6, 6.07) is 14.7. The molecular weight excluding hydrogens is 513 g/mol. The van der Waals surface area contributed by atoms with Crippen LogP contribution in [0.4, 0.5) is 5.69 Å². The van der Waals surface area contributed by atoms with Gasteiger partial charge in [-0.05, 0) is 72.8 Å². The minimum absolute atomic E-state index is 0.119. The zero-order valence-corrected chi connectivity index (χ0v) is 19.8. The third-order valence-corrected chi connectivity index (χ3v) is 6.12. The first-order valence-corrected chi connectivity index (χ1v) is 11.3. The van der Waals surface area contributed by atoms with Gasteiger partial charge in [0.15, 0.2) is 11.0 Å². The summed E-state index contributed by atoms with van der Waals surface area (Å²) >= 11 is 3.51. The van der Waals surface area contributed by atoms with Crippen LogP contribution in [0.1, 0.15) is 34.7 Å². The van der Waals surface area contributed by atoms with Crippen LogP contribution in [0.5, 0.6) is 0 Å². The number of amides is 2. The molecule has 156 valence electrons. The molecule has 0 aliphatic carbocycles. The number of nitrogens with zero attached hydrogens (tertiary/aromatic N) is 3. The van der Waals surface area contributed by atoms with Crippen LogP contribution >= 0.6 is 34.4 Å². The number of benzene rings is 2. The quantitative estimate of drug-likeness (QED) is 0.354. The predicted octanol–water partition coefficient (Wildman–Crippen LogP) is 3.95. The molecule has 1 heterocycles. The summed E-state index contributed by atoms with van der Waals surface area (Å²) < 4.78 is 2.90. The molecular formula is C21H22IN5O2S. The van der Waals surface area contributed by atoms with Crippen LogP contribution in [0.3, 0.4) is 0 Å². The number of thioether (sulfide) groups is 1. The molecule has 0 saturated carbocycles. The van der Waals surface area contributed by atoms with Gasteiger partial charge >= 0.3 is 0 Å². The molecule has 0 bridgehead atoms. The van der Waals surface area contributed by atoms with Crippen molar-refractivity contribution in [3.8, 4) is 0 Å². The Hall–Kier alpha value is -2.40. The van der Waals surface area contributed by atoms with Crippen molar-refractivity contribution in [2.24, 2.45) is 7.05 Å². The highest BCUT2D eigenvalue weighted by Crippen LogP contribution is 2.20. The minimum atomic E-state index is -0.328. The largest absolute Gasteiger partial charge is 0.342 e. The fraction of sp³-hybridized carbons (Fsp3) is 0.238. The van der Waals surface area contributed by atoms with Crippen LogP contribution in [-0.4, -0.2) is 32.3 Å². The van der Waals surface area contributed by atoms with Gasteiger partial charge in [-0.15, -0.1) is 10.2 Å². The highest BCUT2D eigenvalue weighted by molar-refractivity contribution is 14.1. The Kier molecular flexibility index (Phi) is 7.48. The summed E-state index contributed by atoms with van der Waals surface area (Å²) in [5.41, 5.74) is 2.45. The number of hydrogen-bond donors (Lipinski definition) is 2. The van der Waals surface area contributed by atoms with E-state index in [-0.39, 0.29) is 23.6 Å². The molecule has 7 nitrogen and oxygen atoms in total. The van der Waals surface area contributed by atoms with E-state index in [2.05, 4.69) is 43.4 Å². The highest BCUT2D eigenvalue weighted by atomic mass is 127. The molecule has 0 fully saturated rings. The van der Waals surface area contributed by atoms with Crippen molar-refractivity contribution in [3.63, 3.8) is 0 Å². The molecule has 9 heteroatoms. The van der Waals surface area contributed by atoms with E-state index in [4.69, 9.17) is 0 Å². The van der Waals surface area contributed by atoms with Crippen molar-refractivity contribution < 1.29 is 9.59 Å². The van der Waals surface area contributed by atoms with Gasteiger partial charge in [-0.2, -0.15) is 0 Å². The number of carbonyl (C=O) groups excluding carboxylic acids is 2. The van der Waals surface area contributed by atoms with Crippen LogP contribution < -0.4 is 10.6 Å². The van der Waals surface area contributed by atoms with Crippen molar-refractivity contribution in [3.05, 3.63) is 69.1 Å². The molecule has 1 aromatic heterocycles. The van der Waals surface area contributed by atoms with E-state index in [1.807, 2.05) is 57.3 Å². The molecule has 1 atom stereocenters. The Labute approximate surface area is 193 Å². The zero-order chi connectivity index (χ0) is 21.7. The lowest BCUT2D eigenvalue weighted by Crippen LogP contribution is -2.28. The number of halogens is 1. The van der Waals surface area contributed by atoms with Gasteiger partial charge in [-0.25, -0.2) is 0 Å². The van der Waals surface area contributed by atoms with Crippen LogP contribution in [-0.2, 0) is 11.8 Å². The van der Waals surface area contributed by atoms with E-state index < -0.39 is 0 Å². The van der Waals surface area contributed by atoms with E-state index in [1.54, 1.807) is 16.7 Å². The smallest absolute Gasteiger partial charge is 0.251 e. The van der Waals surface area contributed by atoms with Gasteiger partial charge in [0.25, 0.3) is 5.91 Å². The van der Waals surface area contributed by atoms with E-state index >= 15 is 0 Å². The van der Waals surface area contributed by atoms with Gasteiger partial charge in [0.2, 0.25) is 5.91 Å². The molecule has 0 spiro atoms. The van der Waals surface area contributed by atoms with Crippen LogP contribution in [0.25, 0.3) is 0 Å². The predicted molar refractivity (Wildman–Crippen MR) is 127 cm³/mol. The number of nitrogens with one attached hydrogen (secondary N) is 2. The molecule has 3 rings (SSSR count). The van der Waals surface area contributed by atoms with Crippen molar-refractivity contribution in [1.82, 2.24) is 20.1 Å². The summed E-state index contributed by atoms with van der Waals surface area (Å²) in [6.07, 6.45) is 0. The Morgan fingerprint density at radius 2 is 1.77 bits per heavy atom. The average Bonchev–Trinajstić information content (AvgIpc) is 3.09. The maximum Gasteiger partial charge on any atom is 0.251 e. The molecule has 3 aromatic rings. The molecule has 0 aliphatic heterocycles. The van der Waals surface area contributed by atoms with Gasteiger partial charge < -0.3 is 15.2 Å². The summed E-state index contributed by atoms with van der Waals surface area (Å²) in [5.74, 6) is 0.543. The van der Waals surface area contributed by atoms with E-state index in [1.165, 1.54) is 11.8 Å². The summed E-state index contributed by atoms with van der Waals surface area (Å²) in [6.45, 7) is 3.83. The maximum absolute atomic E-state index is 12.4.